The summed E-state index contributed by atoms with van der Waals surface area (Å²) in [7, 11) is 0. The molecule has 2 amide bonds. The number of carbonyl (C=O) groups excluding carboxylic acids is 2. The van der Waals surface area contributed by atoms with Crippen molar-refractivity contribution in [3.8, 4) is 0 Å². The molecule has 0 aliphatic carbocycles. The Kier molecular flexibility index (Phi) is 13.9. The highest BCUT2D eigenvalue weighted by molar-refractivity contribution is 6.31. The molecule has 2 rings (SSSR count). The second-order valence-corrected chi connectivity index (χ2v) is 9.56. The molecule has 208 valence electrons. The maximum Gasteiger partial charge on any atom is 0.394 e. The minimum absolute atomic E-state index is 0.0172. The van der Waals surface area contributed by atoms with Crippen molar-refractivity contribution < 1.29 is 29.9 Å². The van der Waals surface area contributed by atoms with Crippen LogP contribution in [0.25, 0.3) is 0 Å². The summed E-state index contributed by atoms with van der Waals surface area (Å²) in [5, 5.41) is 30.3. The fourth-order valence-electron chi connectivity index (χ4n) is 4.19. The summed E-state index contributed by atoms with van der Waals surface area (Å²) in [5.74, 6) is -2.78. The number of unbranched alkanes of at least 4 members (excludes halogenated alkanes) is 9. The van der Waals surface area contributed by atoms with Gasteiger partial charge in [0.1, 0.15) is 0 Å². The topological polar surface area (TPSA) is 130 Å². The van der Waals surface area contributed by atoms with Gasteiger partial charge in [0.2, 0.25) is 0 Å². The Morgan fingerprint density at radius 1 is 0.711 bits per heavy atom. The molecule has 9 nitrogen and oxygen atoms in total. The molecular weight excluding hydrogens is 486 g/mol. The zero-order valence-electron chi connectivity index (χ0n) is 22.3. The van der Waals surface area contributed by atoms with E-state index in [0.717, 1.165) is 12.8 Å². The first-order chi connectivity index (χ1) is 18.3. The maximum atomic E-state index is 12.5. The number of amides is 2. The molecule has 0 saturated heterocycles. The Morgan fingerprint density at radius 2 is 1.18 bits per heavy atom. The van der Waals surface area contributed by atoms with E-state index in [4.69, 9.17) is 10.4 Å². The highest BCUT2D eigenvalue weighted by Crippen LogP contribution is 2.16. The number of aliphatic carboxylic acids is 1. The van der Waals surface area contributed by atoms with E-state index in [2.05, 4.69) is 12.2 Å². The molecule has 0 heterocycles. The molecule has 2 aromatic carbocycles. The van der Waals surface area contributed by atoms with Crippen molar-refractivity contribution in [3.05, 3.63) is 65.2 Å². The zero-order chi connectivity index (χ0) is 27.8. The largest absolute Gasteiger partial charge is 0.474 e. The van der Waals surface area contributed by atoms with Crippen LogP contribution in [-0.2, 0) is 22.7 Å². The van der Waals surface area contributed by atoms with Crippen LogP contribution in [0.3, 0.4) is 0 Å². The van der Waals surface area contributed by atoms with Gasteiger partial charge in [0, 0.05) is 25.2 Å². The summed E-state index contributed by atoms with van der Waals surface area (Å²) in [6, 6.07) is 12.7. The Labute approximate surface area is 225 Å². The summed E-state index contributed by atoms with van der Waals surface area (Å²) < 4.78 is 0. The standard InChI is InChI=1S/C29H41N3O6/c1-2-3-4-5-6-7-8-9-10-11-20-30-27(33)25-16-12-23(13-17-25)21-31(28(34)29(35)36)22-24-14-18-26(19-15-24)32(37)38/h12-19,37-38H,2-11,20-22H2,1H3,(H,30,33)(H,35,36). The van der Waals surface area contributed by atoms with Gasteiger partial charge in [0.05, 0.1) is 5.69 Å². The van der Waals surface area contributed by atoms with Gasteiger partial charge in [-0.05, 0) is 41.8 Å². The predicted octanol–water partition coefficient (Wildman–Crippen LogP) is 5.54. The van der Waals surface area contributed by atoms with E-state index in [9.17, 15) is 19.5 Å². The van der Waals surface area contributed by atoms with Crippen molar-refractivity contribution in [1.29, 1.82) is 0 Å². The molecule has 4 N–H and O–H groups in total. The van der Waals surface area contributed by atoms with Crippen LogP contribution in [0.15, 0.2) is 48.5 Å². The van der Waals surface area contributed by atoms with Gasteiger partial charge >= 0.3 is 11.9 Å². The van der Waals surface area contributed by atoms with Crippen LogP contribution in [-0.4, -0.2) is 44.7 Å². The van der Waals surface area contributed by atoms with Gasteiger partial charge in [-0.15, -0.1) is 5.23 Å². The molecule has 0 unspecified atom stereocenters. The lowest BCUT2D eigenvalue weighted by molar-refractivity contribution is -0.156. The van der Waals surface area contributed by atoms with E-state index < -0.39 is 11.9 Å². The quantitative estimate of drug-likeness (QED) is 0.121. The smallest absolute Gasteiger partial charge is 0.394 e. The molecule has 0 aliphatic rings. The number of carboxylic acid groups (broad SMARTS) is 1. The summed E-state index contributed by atoms with van der Waals surface area (Å²) >= 11 is 0. The third-order valence-corrected chi connectivity index (χ3v) is 6.42. The van der Waals surface area contributed by atoms with Crippen LogP contribution in [0, 0.1) is 0 Å². The number of nitrogens with zero attached hydrogens (tertiary/aromatic N) is 2. The van der Waals surface area contributed by atoms with E-state index >= 15 is 0 Å². The van der Waals surface area contributed by atoms with Gasteiger partial charge in [0.15, 0.2) is 0 Å². The van der Waals surface area contributed by atoms with Crippen LogP contribution in [0.5, 0.6) is 0 Å². The Balaban J connectivity index is 1.78. The zero-order valence-corrected chi connectivity index (χ0v) is 22.3. The van der Waals surface area contributed by atoms with Crippen molar-refractivity contribution in [2.24, 2.45) is 0 Å². The van der Waals surface area contributed by atoms with E-state index in [1.54, 1.807) is 36.4 Å². The summed E-state index contributed by atoms with van der Waals surface area (Å²) in [6.45, 7) is 2.91. The number of hydrogen-bond acceptors (Lipinski definition) is 6. The monoisotopic (exact) mass is 527 g/mol. The van der Waals surface area contributed by atoms with Gasteiger partial charge in [-0.2, -0.15) is 0 Å². The van der Waals surface area contributed by atoms with Gasteiger partial charge in [-0.1, -0.05) is 89.0 Å². The molecule has 0 bridgehead atoms. The molecule has 0 aromatic heterocycles. The van der Waals surface area contributed by atoms with Gasteiger partial charge < -0.3 is 15.3 Å². The van der Waals surface area contributed by atoms with E-state index in [-0.39, 0.29) is 29.9 Å². The molecule has 2 aromatic rings. The van der Waals surface area contributed by atoms with Crippen molar-refractivity contribution in [3.63, 3.8) is 0 Å². The molecule has 0 atom stereocenters. The van der Waals surface area contributed by atoms with Gasteiger partial charge in [-0.3, -0.25) is 20.0 Å². The van der Waals surface area contributed by atoms with Crippen molar-refractivity contribution in [1.82, 2.24) is 10.2 Å². The second-order valence-electron chi connectivity index (χ2n) is 9.56. The molecule has 0 fully saturated rings. The van der Waals surface area contributed by atoms with Crippen LogP contribution in [0.1, 0.15) is 92.6 Å². The third-order valence-electron chi connectivity index (χ3n) is 6.42. The summed E-state index contributed by atoms with van der Waals surface area (Å²) in [5.41, 5.74) is 1.93. The van der Waals surface area contributed by atoms with Crippen LogP contribution in [0.4, 0.5) is 5.69 Å². The SMILES string of the molecule is CCCCCCCCCCCCNC(=O)c1ccc(CN(Cc2ccc(N(O)O)cc2)C(=O)C(=O)O)cc1. The minimum atomic E-state index is -1.57. The fourth-order valence-corrected chi connectivity index (χ4v) is 4.19. The average molecular weight is 528 g/mol. The normalized spacial score (nSPS) is 10.7. The minimum Gasteiger partial charge on any atom is -0.474 e. The first kappa shape index (κ1) is 30.8. The summed E-state index contributed by atoms with van der Waals surface area (Å²) in [4.78, 5) is 37.2. The third kappa shape index (κ3) is 11.3. The highest BCUT2D eigenvalue weighted by atomic mass is 16.8. The highest BCUT2D eigenvalue weighted by Gasteiger charge is 2.21. The lowest BCUT2D eigenvalue weighted by Gasteiger charge is -2.21. The van der Waals surface area contributed by atoms with Crippen LogP contribution >= 0.6 is 0 Å². The Bertz CT molecular complexity index is 992. The lowest BCUT2D eigenvalue weighted by atomic mass is 10.1. The lowest BCUT2D eigenvalue weighted by Crippen LogP contribution is -2.35. The first-order valence-electron chi connectivity index (χ1n) is 13.5. The molecule has 9 heteroatoms. The second kappa shape index (κ2) is 17.1. The molecule has 38 heavy (non-hydrogen) atoms. The van der Waals surface area contributed by atoms with E-state index in [0.29, 0.717) is 23.2 Å². The number of carbonyl (C=O) groups is 3. The van der Waals surface area contributed by atoms with E-state index in [1.807, 2.05) is 0 Å². The summed E-state index contributed by atoms with van der Waals surface area (Å²) in [6.07, 6.45) is 12.4. The molecule has 0 saturated carbocycles. The van der Waals surface area contributed by atoms with Crippen molar-refractivity contribution in [2.45, 2.75) is 84.2 Å². The number of anilines is 1. The fraction of sp³-hybridized carbons (Fsp3) is 0.483. The van der Waals surface area contributed by atoms with Crippen LogP contribution in [0.2, 0.25) is 0 Å². The first-order valence-corrected chi connectivity index (χ1v) is 13.5. The Hall–Kier alpha value is -3.43. The number of hydrogen-bond donors (Lipinski definition) is 4. The number of nitrogens with one attached hydrogen (secondary N) is 1. The van der Waals surface area contributed by atoms with Crippen LogP contribution < -0.4 is 10.5 Å². The van der Waals surface area contributed by atoms with E-state index in [1.165, 1.54) is 68.4 Å². The molecule has 0 radical (unpaired) electrons. The average Bonchev–Trinajstić information content (AvgIpc) is 2.91. The van der Waals surface area contributed by atoms with Gasteiger partial charge in [0.25, 0.3) is 5.91 Å². The number of rotatable bonds is 17. The maximum absolute atomic E-state index is 12.5. The van der Waals surface area contributed by atoms with Crippen molar-refractivity contribution in [2.75, 3.05) is 11.8 Å². The van der Waals surface area contributed by atoms with Gasteiger partial charge in [-0.25, -0.2) is 4.79 Å². The number of benzene rings is 2. The Morgan fingerprint density at radius 3 is 1.66 bits per heavy atom. The van der Waals surface area contributed by atoms with Crippen molar-refractivity contribution >= 4 is 23.5 Å². The molecule has 0 aliphatic heterocycles. The number of carboxylic acids is 1. The molecular formula is C29H41N3O6. The molecule has 0 spiro atoms. The predicted molar refractivity (Wildman–Crippen MR) is 145 cm³/mol.